The van der Waals surface area contributed by atoms with Crippen LogP contribution < -0.4 is 13.8 Å². The van der Waals surface area contributed by atoms with Crippen LogP contribution in [0.2, 0.25) is 10.0 Å². The molecule has 5 rings (SSSR count). The molecule has 3 aromatic carbocycles. The number of halogens is 2. The number of aryl methyl sites for hydroxylation is 1. The maximum absolute atomic E-state index is 13.7. The van der Waals surface area contributed by atoms with E-state index in [4.69, 9.17) is 32.7 Å². The highest BCUT2D eigenvalue weighted by Crippen LogP contribution is 2.34. The third kappa shape index (κ3) is 5.71. The molecular weight excluding hydrogens is 549 g/mol. The molecule has 0 N–H and O–H groups in total. The Morgan fingerprint density at radius 3 is 2.37 bits per heavy atom. The van der Waals surface area contributed by atoms with Crippen LogP contribution in [-0.2, 0) is 21.4 Å². The van der Waals surface area contributed by atoms with E-state index in [2.05, 4.69) is 4.90 Å². The Morgan fingerprint density at radius 1 is 0.921 bits per heavy atom. The molecule has 1 saturated heterocycles. The minimum absolute atomic E-state index is 0.0699. The van der Waals surface area contributed by atoms with E-state index in [1.165, 1.54) is 24.3 Å². The first-order valence-electron chi connectivity index (χ1n) is 12.1. The number of fused-ring (bicyclic) bond motifs is 1. The van der Waals surface area contributed by atoms with Gasteiger partial charge in [-0.3, -0.25) is 14.0 Å². The van der Waals surface area contributed by atoms with E-state index in [-0.39, 0.29) is 28.3 Å². The van der Waals surface area contributed by atoms with Crippen molar-refractivity contribution in [3.63, 3.8) is 0 Å². The van der Waals surface area contributed by atoms with Crippen LogP contribution in [0.25, 0.3) is 0 Å². The lowest BCUT2D eigenvalue weighted by Crippen LogP contribution is -2.51. The molecule has 2 aliphatic heterocycles. The lowest BCUT2D eigenvalue weighted by molar-refractivity contribution is -0.131. The second-order valence-corrected chi connectivity index (χ2v) is 12.0. The summed E-state index contributed by atoms with van der Waals surface area (Å²) in [5.74, 6) is 1.18. The van der Waals surface area contributed by atoms with Crippen molar-refractivity contribution < 1.29 is 22.7 Å². The van der Waals surface area contributed by atoms with Crippen LogP contribution >= 0.6 is 23.2 Å². The number of amides is 1. The van der Waals surface area contributed by atoms with Crippen LogP contribution in [0.4, 0.5) is 5.69 Å². The van der Waals surface area contributed by atoms with Crippen LogP contribution in [0.3, 0.4) is 0 Å². The topological polar surface area (TPSA) is 79.4 Å². The van der Waals surface area contributed by atoms with Crippen molar-refractivity contribution in [1.29, 1.82) is 0 Å². The van der Waals surface area contributed by atoms with Gasteiger partial charge in [0.1, 0.15) is 6.54 Å². The number of rotatable bonds is 7. The first kappa shape index (κ1) is 26.6. The maximum atomic E-state index is 13.7. The van der Waals surface area contributed by atoms with Gasteiger partial charge in [0.05, 0.1) is 15.6 Å². The van der Waals surface area contributed by atoms with E-state index in [0.29, 0.717) is 37.7 Å². The Hall–Kier alpha value is -2.98. The van der Waals surface area contributed by atoms with E-state index in [1.807, 2.05) is 25.1 Å². The maximum Gasteiger partial charge on any atom is 0.264 e. The number of benzene rings is 3. The van der Waals surface area contributed by atoms with Gasteiger partial charge in [0.2, 0.25) is 12.7 Å². The molecular formula is C27H27Cl2N3O5S. The molecule has 8 nitrogen and oxygen atoms in total. The molecule has 2 heterocycles. The number of hydrogen-bond acceptors (Lipinski definition) is 6. The summed E-state index contributed by atoms with van der Waals surface area (Å²) in [5, 5.41) is 0.504. The normalized spacial score (nSPS) is 15.5. The Kier molecular flexibility index (Phi) is 7.72. The van der Waals surface area contributed by atoms with Crippen molar-refractivity contribution >= 4 is 44.8 Å². The summed E-state index contributed by atoms with van der Waals surface area (Å²) in [6.07, 6.45) is 0. The highest BCUT2D eigenvalue weighted by atomic mass is 35.5. The Bertz CT molecular complexity index is 1440. The highest BCUT2D eigenvalue weighted by molar-refractivity contribution is 7.92. The van der Waals surface area contributed by atoms with Crippen LogP contribution in [0.1, 0.15) is 11.1 Å². The fourth-order valence-corrected chi connectivity index (χ4v) is 6.35. The Morgan fingerprint density at radius 2 is 1.63 bits per heavy atom. The lowest BCUT2D eigenvalue weighted by Gasteiger charge is -2.36. The number of nitrogens with zero attached hydrogens (tertiary/aromatic N) is 3. The smallest absolute Gasteiger partial charge is 0.264 e. The number of ether oxygens (including phenoxy) is 2. The van der Waals surface area contributed by atoms with Gasteiger partial charge in [-0.2, -0.15) is 0 Å². The predicted molar refractivity (Wildman–Crippen MR) is 147 cm³/mol. The van der Waals surface area contributed by atoms with Crippen molar-refractivity contribution in [3.05, 3.63) is 81.8 Å². The van der Waals surface area contributed by atoms with E-state index < -0.39 is 16.6 Å². The van der Waals surface area contributed by atoms with Gasteiger partial charge in [-0.05, 0) is 55.0 Å². The first-order chi connectivity index (χ1) is 18.2. The van der Waals surface area contributed by atoms with Crippen LogP contribution in [-0.4, -0.2) is 63.6 Å². The zero-order chi connectivity index (χ0) is 26.9. The Balaban J connectivity index is 1.30. The van der Waals surface area contributed by atoms with E-state index in [0.717, 1.165) is 26.9 Å². The largest absolute Gasteiger partial charge is 0.454 e. The molecule has 0 saturated carbocycles. The van der Waals surface area contributed by atoms with Gasteiger partial charge in [0.15, 0.2) is 11.5 Å². The number of hydrogen-bond donors (Lipinski definition) is 0. The molecule has 0 radical (unpaired) electrons. The highest BCUT2D eigenvalue weighted by Gasteiger charge is 2.31. The summed E-state index contributed by atoms with van der Waals surface area (Å²) < 4.78 is 39.3. The third-order valence-corrected chi connectivity index (χ3v) is 8.96. The summed E-state index contributed by atoms with van der Waals surface area (Å²) in [7, 11) is -4.09. The number of carbonyl (C=O) groups excluding carboxylic acids is 1. The quantitative estimate of drug-likeness (QED) is 0.410. The van der Waals surface area contributed by atoms with Gasteiger partial charge >= 0.3 is 0 Å². The summed E-state index contributed by atoms with van der Waals surface area (Å²) in [5.41, 5.74) is 2.18. The second kappa shape index (κ2) is 11.0. The monoisotopic (exact) mass is 575 g/mol. The van der Waals surface area contributed by atoms with Crippen LogP contribution in [0.5, 0.6) is 11.5 Å². The first-order valence-corrected chi connectivity index (χ1v) is 14.3. The molecule has 1 amide bonds. The predicted octanol–water partition coefficient (Wildman–Crippen LogP) is 4.57. The molecule has 0 spiro atoms. The molecule has 11 heteroatoms. The van der Waals surface area contributed by atoms with Gasteiger partial charge in [-0.1, -0.05) is 47.0 Å². The molecule has 0 aromatic heterocycles. The number of sulfonamides is 1. The van der Waals surface area contributed by atoms with E-state index in [1.54, 1.807) is 23.1 Å². The van der Waals surface area contributed by atoms with Gasteiger partial charge in [-0.15, -0.1) is 0 Å². The van der Waals surface area contributed by atoms with Gasteiger partial charge in [0.25, 0.3) is 10.0 Å². The molecule has 200 valence electrons. The number of carbonyl (C=O) groups is 1. The number of anilines is 1. The summed E-state index contributed by atoms with van der Waals surface area (Å²) in [4.78, 5) is 17.4. The molecule has 1 fully saturated rings. The lowest BCUT2D eigenvalue weighted by atomic mass is 10.1. The molecule has 3 aromatic rings. The van der Waals surface area contributed by atoms with Crippen molar-refractivity contribution in [2.75, 3.05) is 43.8 Å². The zero-order valence-electron chi connectivity index (χ0n) is 20.8. The van der Waals surface area contributed by atoms with E-state index in [9.17, 15) is 13.2 Å². The minimum atomic E-state index is -4.09. The fraction of sp³-hybridized carbons (Fsp3) is 0.296. The molecule has 0 atom stereocenters. The average Bonchev–Trinajstić information content (AvgIpc) is 3.37. The third-order valence-electron chi connectivity index (χ3n) is 6.63. The van der Waals surface area contributed by atoms with Crippen molar-refractivity contribution in [2.45, 2.75) is 18.4 Å². The van der Waals surface area contributed by atoms with Crippen molar-refractivity contribution in [2.24, 2.45) is 0 Å². The SMILES string of the molecule is Cc1ccc(S(=O)(=O)N(CC(=O)N2CCN(Cc3ccc4c(c3)OCO4)CC2)c2cc(Cl)ccc2Cl)cc1. The molecule has 2 aliphatic rings. The minimum Gasteiger partial charge on any atom is -0.454 e. The van der Waals surface area contributed by atoms with Gasteiger partial charge in [-0.25, -0.2) is 8.42 Å². The van der Waals surface area contributed by atoms with Gasteiger partial charge in [0, 0.05) is 37.7 Å². The molecule has 0 bridgehead atoms. The Labute approximate surface area is 232 Å². The summed E-state index contributed by atoms with van der Waals surface area (Å²) >= 11 is 12.6. The standard InChI is InChI=1S/C27H27Cl2N3O5S/c1-19-2-6-22(7-3-19)38(34,35)32(24-15-21(28)5-8-23(24)29)17-27(33)31-12-10-30(11-13-31)16-20-4-9-25-26(14-20)37-18-36-25/h2-9,14-15H,10-13,16-18H2,1H3. The van der Waals surface area contributed by atoms with Gasteiger partial charge < -0.3 is 14.4 Å². The van der Waals surface area contributed by atoms with Crippen molar-refractivity contribution in [1.82, 2.24) is 9.80 Å². The molecule has 38 heavy (non-hydrogen) atoms. The summed E-state index contributed by atoms with van der Waals surface area (Å²) in [6.45, 7) is 4.69. The average molecular weight is 577 g/mol. The number of piperazine rings is 1. The second-order valence-electron chi connectivity index (χ2n) is 9.27. The zero-order valence-corrected chi connectivity index (χ0v) is 23.1. The van der Waals surface area contributed by atoms with E-state index >= 15 is 0 Å². The van der Waals surface area contributed by atoms with Crippen molar-refractivity contribution in [3.8, 4) is 11.5 Å². The summed E-state index contributed by atoms with van der Waals surface area (Å²) in [6, 6.07) is 16.9. The van der Waals surface area contributed by atoms with Crippen LogP contribution in [0.15, 0.2) is 65.6 Å². The van der Waals surface area contributed by atoms with Crippen LogP contribution in [0, 0.1) is 6.92 Å². The molecule has 0 unspecified atom stereocenters. The molecule has 0 aliphatic carbocycles. The fourth-order valence-electron chi connectivity index (χ4n) is 4.49.